The van der Waals surface area contributed by atoms with Crippen LogP contribution in [0.1, 0.15) is 13.8 Å². The molecule has 2 aromatic heterocycles. The van der Waals surface area contributed by atoms with Crippen LogP contribution in [0.5, 0.6) is 0 Å². The minimum atomic E-state index is 0.455. The number of guanidine groups is 1. The summed E-state index contributed by atoms with van der Waals surface area (Å²) in [5.74, 6) is 2.25. The number of nitrogens with one attached hydrogen (secondary N) is 1. The molecule has 0 aliphatic heterocycles. The van der Waals surface area contributed by atoms with Crippen LogP contribution in [0, 0.1) is 0 Å². The molecule has 0 fully saturated rings. The third-order valence-corrected chi connectivity index (χ3v) is 6.88. The van der Waals surface area contributed by atoms with Gasteiger partial charge in [0, 0.05) is 21.5 Å². The molecular weight excluding hydrogens is 466 g/mol. The zero-order valence-corrected chi connectivity index (χ0v) is 21.6. The Kier molecular flexibility index (Phi) is 6.10. The highest BCUT2D eigenvalue weighted by Crippen LogP contribution is 2.31. The van der Waals surface area contributed by atoms with E-state index in [1.165, 1.54) is 21.5 Å². The summed E-state index contributed by atoms with van der Waals surface area (Å²) < 4.78 is 4.44. The van der Waals surface area contributed by atoms with Gasteiger partial charge in [-0.2, -0.15) is 4.99 Å². The Balaban J connectivity index is 1.48. The van der Waals surface area contributed by atoms with Gasteiger partial charge in [-0.15, -0.1) is 6.58 Å². The Morgan fingerprint density at radius 1 is 0.711 bits per heavy atom. The molecule has 38 heavy (non-hydrogen) atoms. The van der Waals surface area contributed by atoms with E-state index in [-0.39, 0.29) is 0 Å². The summed E-state index contributed by atoms with van der Waals surface area (Å²) in [5, 5.41) is 8.36. The SMILES string of the molecule is C=CCN=C(/N=C(\C)n1c2ccccc2c2ccccc21)N/C(=C/C)n1c2ccccc2c2ccccc21. The first-order valence-corrected chi connectivity index (χ1v) is 12.8. The van der Waals surface area contributed by atoms with E-state index in [1.807, 2.05) is 13.8 Å². The predicted molar refractivity (Wildman–Crippen MR) is 163 cm³/mol. The van der Waals surface area contributed by atoms with Crippen molar-refractivity contribution in [2.24, 2.45) is 9.98 Å². The normalized spacial score (nSPS) is 13.2. The topological polar surface area (TPSA) is 46.6 Å². The highest BCUT2D eigenvalue weighted by molar-refractivity contribution is 6.15. The van der Waals surface area contributed by atoms with Gasteiger partial charge in [-0.3, -0.25) is 9.13 Å². The molecule has 4 aromatic carbocycles. The van der Waals surface area contributed by atoms with Crippen LogP contribution in [0.3, 0.4) is 0 Å². The van der Waals surface area contributed by atoms with E-state index in [0.29, 0.717) is 12.5 Å². The third kappa shape index (κ3) is 3.89. The van der Waals surface area contributed by atoms with Crippen molar-refractivity contribution >= 4 is 61.2 Å². The number of para-hydroxylation sites is 4. The summed E-state index contributed by atoms with van der Waals surface area (Å²) in [5.41, 5.74) is 4.49. The van der Waals surface area contributed by atoms with Gasteiger partial charge in [0.15, 0.2) is 0 Å². The van der Waals surface area contributed by atoms with Crippen molar-refractivity contribution in [1.29, 1.82) is 0 Å². The Hall–Kier alpha value is -4.90. The smallest absolute Gasteiger partial charge is 0.225 e. The van der Waals surface area contributed by atoms with Crippen molar-refractivity contribution in [2.45, 2.75) is 13.8 Å². The molecule has 5 heteroatoms. The fourth-order valence-corrected chi connectivity index (χ4v) is 5.28. The van der Waals surface area contributed by atoms with E-state index in [0.717, 1.165) is 33.7 Å². The Morgan fingerprint density at radius 3 is 1.55 bits per heavy atom. The zero-order chi connectivity index (χ0) is 26.1. The van der Waals surface area contributed by atoms with Gasteiger partial charge < -0.3 is 5.32 Å². The fraction of sp³-hybridized carbons (Fsp3) is 0.0909. The van der Waals surface area contributed by atoms with Crippen LogP contribution < -0.4 is 5.32 Å². The molecule has 0 radical (unpaired) electrons. The lowest BCUT2D eigenvalue weighted by atomic mass is 10.2. The van der Waals surface area contributed by atoms with Gasteiger partial charge in [0.25, 0.3) is 0 Å². The lowest BCUT2D eigenvalue weighted by Gasteiger charge is -2.15. The largest absolute Gasteiger partial charge is 0.310 e. The molecule has 6 aromatic rings. The predicted octanol–water partition coefficient (Wildman–Crippen LogP) is 7.82. The van der Waals surface area contributed by atoms with Crippen LogP contribution >= 0.6 is 0 Å². The number of aromatic nitrogens is 2. The lowest BCUT2D eigenvalue weighted by molar-refractivity contribution is 1.05. The lowest BCUT2D eigenvalue weighted by Crippen LogP contribution is -2.26. The second-order valence-electron chi connectivity index (χ2n) is 9.15. The van der Waals surface area contributed by atoms with E-state index >= 15 is 0 Å². The number of fused-ring (bicyclic) bond motifs is 6. The van der Waals surface area contributed by atoms with Gasteiger partial charge in [0.05, 0.1) is 28.6 Å². The van der Waals surface area contributed by atoms with E-state index in [1.54, 1.807) is 6.08 Å². The average Bonchev–Trinajstić information content (AvgIpc) is 3.48. The molecule has 2 heterocycles. The molecule has 0 saturated carbocycles. The first-order chi connectivity index (χ1) is 18.7. The van der Waals surface area contributed by atoms with Crippen molar-refractivity contribution in [2.75, 3.05) is 6.54 Å². The Bertz CT molecular complexity index is 1810. The monoisotopic (exact) mass is 495 g/mol. The van der Waals surface area contributed by atoms with Gasteiger partial charge in [-0.25, -0.2) is 4.99 Å². The summed E-state index contributed by atoms with van der Waals surface area (Å²) in [7, 11) is 0. The van der Waals surface area contributed by atoms with Crippen molar-refractivity contribution in [1.82, 2.24) is 14.5 Å². The van der Waals surface area contributed by atoms with Gasteiger partial charge in [-0.05, 0) is 44.2 Å². The maximum Gasteiger partial charge on any atom is 0.225 e. The fourth-order valence-electron chi connectivity index (χ4n) is 5.28. The molecular formula is C33H29N5. The first-order valence-electron chi connectivity index (χ1n) is 12.8. The van der Waals surface area contributed by atoms with E-state index in [4.69, 9.17) is 9.98 Å². The van der Waals surface area contributed by atoms with Crippen LogP contribution in [0.4, 0.5) is 0 Å². The van der Waals surface area contributed by atoms with Crippen LogP contribution in [0.15, 0.2) is 126 Å². The molecule has 1 N–H and O–H groups in total. The second kappa shape index (κ2) is 9.87. The number of nitrogens with zero attached hydrogens (tertiary/aromatic N) is 4. The molecule has 186 valence electrons. The zero-order valence-electron chi connectivity index (χ0n) is 21.6. The standard InChI is InChI=1S/C33H29N5/c1-4-22-34-33(35-23(3)37-28-18-10-6-14-24(28)25-15-7-11-19-29(25)37)36-32(5-2)38-30-20-12-8-16-26(30)27-17-9-13-21-31(27)38/h4-21H,1,22H2,2-3H3,(H,34,36)/b32-5-,35-23+. The molecule has 0 atom stereocenters. The van der Waals surface area contributed by atoms with Crippen molar-refractivity contribution < 1.29 is 0 Å². The number of hydrogen-bond acceptors (Lipinski definition) is 1. The quantitative estimate of drug-likeness (QED) is 0.151. The van der Waals surface area contributed by atoms with Crippen LogP contribution in [-0.2, 0) is 0 Å². The number of benzene rings is 4. The third-order valence-electron chi connectivity index (χ3n) is 6.88. The molecule has 0 saturated heterocycles. The number of rotatable bonds is 4. The summed E-state index contributed by atoms with van der Waals surface area (Å²) in [4.78, 5) is 9.77. The summed E-state index contributed by atoms with van der Waals surface area (Å²) >= 11 is 0. The highest BCUT2D eigenvalue weighted by Gasteiger charge is 2.15. The molecule has 6 rings (SSSR count). The molecule has 0 unspecified atom stereocenters. The molecule has 5 nitrogen and oxygen atoms in total. The number of allylic oxidation sites excluding steroid dienone is 1. The average molecular weight is 496 g/mol. The molecule has 0 amide bonds. The number of hydrogen-bond donors (Lipinski definition) is 1. The maximum atomic E-state index is 5.03. The summed E-state index contributed by atoms with van der Waals surface area (Å²) in [6.45, 7) is 8.38. The van der Waals surface area contributed by atoms with E-state index < -0.39 is 0 Å². The highest BCUT2D eigenvalue weighted by atomic mass is 15.2. The maximum absolute atomic E-state index is 5.03. The summed E-state index contributed by atoms with van der Waals surface area (Å²) in [6.07, 6.45) is 3.84. The van der Waals surface area contributed by atoms with Gasteiger partial charge >= 0.3 is 0 Å². The first kappa shape index (κ1) is 23.5. The number of aliphatic imine (C=N–C) groups is 2. The van der Waals surface area contributed by atoms with E-state index in [2.05, 4.69) is 124 Å². The molecule has 0 aliphatic carbocycles. The van der Waals surface area contributed by atoms with Crippen molar-refractivity contribution in [3.05, 3.63) is 116 Å². The molecule has 0 spiro atoms. The molecule has 0 bridgehead atoms. The van der Waals surface area contributed by atoms with E-state index in [9.17, 15) is 0 Å². The van der Waals surface area contributed by atoms with Gasteiger partial charge in [0.1, 0.15) is 11.7 Å². The van der Waals surface area contributed by atoms with Crippen molar-refractivity contribution in [3.8, 4) is 0 Å². The van der Waals surface area contributed by atoms with Crippen LogP contribution in [-0.4, -0.2) is 27.5 Å². The van der Waals surface area contributed by atoms with Crippen LogP contribution in [0.2, 0.25) is 0 Å². The van der Waals surface area contributed by atoms with Gasteiger partial charge in [-0.1, -0.05) is 78.9 Å². The minimum absolute atomic E-state index is 0.455. The van der Waals surface area contributed by atoms with Crippen LogP contribution in [0.25, 0.3) is 49.4 Å². The summed E-state index contributed by atoms with van der Waals surface area (Å²) in [6, 6.07) is 33.8. The van der Waals surface area contributed by atoms with Crippen molar-refractivity contribution in [3.63, 3.8) is 0 Å². The Labute approximate surface area is 221 Å². The Morgan fingerprint density at radius 2 is 1.13 bits per heavy atom. The minimum Gasteiger partial charge on any atom is -0.310 e. The van der Waals surface area contributed by atoms with Gasteiger partial charge in [0.2, 0.25) is 5.96 Å². The second-order valence-corrected chi connectivity index (χ2v) is 9.15. The molecule has 0 aliphatic rings.